The van der Waals surface area contributed by atoms with Gasteiger partial charge < -0.3 is 0 Å². The van der Waals surface area contributed by atoms with Gasteiger partial charge in [-0.05, 0) is 5.56 Å². The van der Waals surface area contributed by atoms with Crippen molar-refractivity contribution in [1.29, 1.82) is 0 Å². The Bertz CT molecular complexity index is 454. The van der Waals surface area contributed by atoms with Crippen LogP contribution in [0.5, 0.6) is 0 Å². The van der Waals surface area contributed by atoms with Crippen LogP contribution in [0.3, 0.4) is 0 Å². The van der Waals surface area contributed by atoms with Crippen molar-refractivity contribution in [3.8, 4) is 0 Å². The molecule has 5 heteroatoms. The van der Waals surface area contributed by atoms with E-state index in [1.807, 2.05) is 30.3 Å². The molecule has 0 bridgehead atoms. The summed E-state index contributed by atoms with van der Waals surface area (Å²) in [5.41, 5.74) is 4.48. The Kier molecular flexibility index (Phi) is 3.36. The number of rotatable bonds is 2. The van der Waals surface area contributed by atoms with Crippen LogP contribution in [0.2, 0.25) is 0 Å². The molecule has 4 nitrogen and oxygen atoms in total. The van der Waals surface area contributed by atoms with E-state index in [4.69, 9.17) is 0 Å². The van der Waals surface area contributed by atoms with Gasteiger partial charge in [-0.3, -0.25) is 4.79 Å². The molecule has 0 spiro atoms. The van der Waals surface area contributed by atoms with Crippen molar-refractivity contribution < 1.29 is 4.79 Å². The molecule has 16 heavy (non-hydrogen) atoms. The lowest BCUT2D eigenvalue weighted by atomic mass is 10.1. The van der Waals surface area contributed by atoms with E-state index in [0.29, 0.717) is 5.17 Å². The molecule has 1 amide bonds. The van der Waals surface area contributed by atoms with Crippen LogP contribution < -0.4 is 5.43 Å². The number of carbonyl (C=O) groups excluding carboxylic acids is 1. The van der Waals surface area contributed by atoms with Gasteiger partial charge in [0.1, 0.15) is 0 Å². The maximum Gasteiger partial charge on any atom is 0.237 e. The van der Waals surface area contributed by atoms with Crippen LogP contribution >= 0.6 is 11.8 Å². The normalized spacial score (nSPS) is 17.3. The van der Waals surface area contributed by atoms with E-state index in [0.717, 1.165) is 17.0 Å². The van der Waals surface area contributed by atoms with E-state index < -0.39 is 0 Å². The van der Waals surface area contributed by atoms with Crippen LogP contribution in [0.15, 0.2) is 40.4 Å². The molecule has 0 saturated carbocycles. The molecular formula is C11H11N3OS. The minimum atomic E-state index is -0.184. The molecule has 0 radical (unpaired) electrons. The first-order chi connectivity index (χ1) is 7.75. The number of hydrazone groups is 1. The Hall–Kier alpha value is -1.62. The predicted octanol–water partition coefficient (Wildman–Crippen LogP) is 1.63. The van der Waals surface area contributed by atoms with Gasteiger partial charge >= 0.3 is 0 Å². The highest BCUT2D eigenvalue weighted by atomic mass is 32.2. The number of thioether (sulfide) groups is 1. The average molecular weight is 233 g/mol. The monoisotopic (exact) mass is 233 g/mol. The lowest BCUT2D eigenvalue weighted by Gasteiger charge is -1.96. The van der Waals surface area contributed by atoms with Crippen LogP contribution in [0.1, 0.15) is 12.5 Å². The molecule has 0 aromatic heterocycles. The fraction of sp³-hybridized carbons (Fsp3) is 0.182. The summed E-state index contributed by atoms with van der Waals surface area (Å²) in [5, 5.41) is 4.50. The van der Waals surface area contributed by atoms with E-state index in [1.54, 1.807) is 0 Å². The molecule has 1 aromatic rings. The van der Waals surface area contributed by atoms with Crippen LogP contribution in [0.4, 0.5) is 0 Å². The van der Waals surface area contributed by atoms with Gasteiger partial charge in [0.2, 0.25) is 11.1 Å². The van der Waals surface area contributed by atoms with Crippen molar-refractivity contribution in [2.24, 2.45) is 10.1 Å². The second-order valence-corrected chi connectivity index (χ2v) is 4.22. The molecule has 1 heterocycles. The number of aliphatic imine (C=N–C) groups is 1. The van der Waals surface area contributed by atoms with Crippen molar-refractivity contribution >= 4 is 28.5 Å². The van der Waals surface area contributed by atoms with Crippen molar-refractivity contribution in [3.63, 3.8) is 0 Å². The van der Waals surface area contributed by atoms with Crippen molar-refractivity contribution in [2.75, 3.05) is 5.75 Å². The predicted molar refractivity (Wildman–Crippen MR) is 66.7 cm³/mol. The summed E-state index contributed by atoms with van der Waals surface area (Å²) in [6.45, 7) is 1.42. The van der Waals surface area contributed by atoms with E-state index in [-0.39, 0.29) is 5.91 Å². The van der Waals surface area contributed by atoms with Gasteiger partial charge in [-0.2, -0.15) is 0 Å². The Labute approximate surface area is 97.8 Å². The maximum absolute atomic E-state index is 10.7. The number of amidine groups is 1. The topological polar surface area (TPSA) is 53.8 Å². The molecule has 0 unspecified atom stereocenters. The number of nitrogens with zero attached hydrogens (tertiary/aromatic N) is 2. The number of amides is 1. The average Bonchev–Trinajstić information content (AvgIpc) is 2.76. The Morgan fingerprint density at radius 1 is 1.44 bits per heavy atom. The van der Waals surface area contributed by atoms with Crippen molar-refractivity contribution in [3.05, 3.63) is 35.9 Å². The minimum Gasteiger partial charge on any atom is -0.274 e. The van der Waals surface area contributed by atoms with Crippen LogP contribution in [-0.4, -0.2) is 22.5 Å². The highest BCUT2D eigenvalue weighted by molar-refractivity contribution is 8.15. The van der Waals surface area contributed by atoms with E-state index in [1.165, 1.54) is 18.7 Å². The van der Waals surface area contributed by atoms with Gasteiger partial charge in [0.05, 0.1) is 5.71 Å². The lowest BCUT2D eigenvalue weighted by molar-refractivity contribution is -0.118. The zero-order valence-corrected chi connectivity index (χ0v) is 9.62. The molecular weight excluding hydrogens is 222 g/mol. The van der Waals surface area contributed by atoms with Crippen molar-refractivity contribution in [2.45, 2.75) is 6.92 Å². The molecule has 1 aliphatic rings. The first-order valence-corrected chi connectivity index (χ1v) is 5.84. The van der Waals surface area contributed by atoms with Gasteiger partial charge in [-0.15, -0.1) is 5.10 Å². The van der Waals surface area contributed by atoms with Crippen LogP contribution in [0, 0.1) is 0 Å². The van der Waals surface area contributed by atoms with Gasteiger partial charge in [-0.1, -0.05) is 42.1 Å². The highest BCUT2D eigenvalue weighted by Crippen LogP contribution is 2.18. The summed E-state index contributed by atoms with van der Waals surface area (Å²) in [6, 6.07) is 9.96. The molecule has 1 aromatic carbocycles. The molecule has 1 N–H and O–H groups in total. The van der Waals surface area contributed by atoms with Crippen LogP contribution in [-0.2, 0) is 4.79 Å². The molecule has 1 aliphatic heterocycles. The largest absolute Gasteiger partial charge is 0.274 e. The second-order valence-electron chi connectivity index (χ2n) is 3.28. The van der Waals surface area contributed by atoms with Crippen molar-refractivity contribution in [1.82, 2.24) is 5.43 Å². The zero-order valence-electron chi connectivity index (χ0n) is 8.80. The Morgan fingerprint density at radius 3 is 2.88 bits per heavy atom. The third-order valence-corrected chi connectivity index (χ3v) is 2.84. The molecule has 0 saturated heterocycles. The standard InChI is InChI=1S/C11H11N3OS/c1-8(15)13-14-11-12-10(7-16-11)9-5-3-2-4-6-9/h2-6H,7H2,1H3,(H,13,15). The fourth-order valence-corrected chi connectivity index (χ4v) is 2.06. The van der Waals surface area contributed by atoms with E-state index >= 15 is 0 Å². The number of benzene rings is 1. The van der Waals surface area contributed by atoms with Gasteiger partial charge in [0.25, 0.3) is 0 Å². The number of hydrogen-bond acceptors (Lipinski definition) is 3. The fourth-order valence-electron chi connectivity index (χ4n) is 1.28. The number of hydrogen-bond donors (Lipinski definition) is 1. The molecule has 0 aliphatic carbocycles. The maximum atomic E-state index is 10.7. The van der Waals surface area contributed by atoms with Gasteiger partial charge in [0, 0.05) is 12.7 Å². The summed E-state index contributed by atoms with van der Waals surface area (Å²) in [5.74, 6) is 0.610. The Morgan fingerprint density at radius 2 is 2.19 bits per heavy atom. The zero-order chi connectivity index (χ0) is 11.4. The van der Waals surface area contributed by atoms with Gasteiger partial charge in [0.15, 0.2) is 0 Å². The third kappa shape index (κ3) is 2.70. The SMILES string of the molecule is CC(=O)NN=C1N=C(c2ccccc2)CS1. The molecule has 2 rings (SSSR count). The van der Waals surface area contributed by atoms with Crippen LogP contribution in [0.25, 0.3) is 0 Å². The third-order valence-electron chi connectivity index (χ3n) is 1.98. The number of nitrogens with one attached hydrogen (secondary N) is 1. The van der Waals surface area contributed by atoms with E-state index in [9.17, 15) is 4.79 Å². The summed E-state index contributed by atoms with van der Waals surface area (Å²) < 4.78 is 0. The summed E-state index contributed by atoms with van der Waals surface area (Å²) in [7, 11) is 0. The first kappa shape index (κ1) is 10.9. The summed E-state index contributed by atoms with van der Waals surface area (Å²) >= 11 is 1.52. The van der Waals surface area contributed by atoms with E-state index in [2.05, 4.69) is 15.5 Å². The van der Waals surface area contributed by atoms with Gasteiger partial charge in [-0.25, -0.2) is 10.4 Å². The first-order valence-electron chi connectivity index (χ1n) is 4.86. The Balaban J connectivity index is 2.12. The lowest BCUT2D eigenvalue weighted by Crippen LogP contribution is -2.13. The number of carbonyl (C=O) groups is 1. The summed E-state index contributed by atoms with van der Waals surface area (Å²) in [6.07, 6.45) is 0. The quantitative estimate of drug-likeness (QED) is 0.789. The molecule has 0 fully saturated rings. The molecule has 82 valence electrons. The smallest absolute Gasteiger partial charge is 0.237 e. The second kappa shape index (κ2) is 4.94. The molecule has 0 atom stereocenters. The summed E-state index contributed by atoms with van der Waals surface area (Å²) in [4.78, 5) is 15.0. The highest BCUT2D eigenvalue weighted by Gasteiger charge is 2.14. The minimum absolute atomic E-state index is 0.184.